The third-order valence-electron chi connectivity index (χ3n) is 15.8. The fraction of sp³-hybridized carbons (Fsp3) is 0.940. The predicted molar refractivity (Wildman–Crippen MR) is 320 cm³/mol. The highest BCUT2D eigenvalue weighted by molar-refractivity contribution is 5.76. The van der Waals surface area contributed by atoms with Crippen LogP contribution in [0, 0.1) is 0 Å². The zero-order valence-electron chi connectivity index (χ0n) is 49.6. The molecule has 73 heavy (non-hydrogen) atoms. The summed E-state index contributed by atoms with van der Waals surface area (Å²) in [5.41, 5.74) is 0. The Kier molecular flexibility index (Phi) is 61.9. The van der Waals surface area contributed by atoms with Gasteiger partial charge in [-0.3, -0.25) is 9.59 Å². The molecule has 0 aromatic rings. The summed E-state index contributed by atoms with van der Waals surface area (Å²) in [6.45, 7) is 4.94. The van der Waals surface area contributed by atoms with Crippen LogP contribution in [0.1, 0.15) is 380 Å². The average molecular weight is 1030 g/mol. The van der Waals surface area contributed by atoms with Crippen molar-refractivity contribution < 1.29 is 24.5 Å². The first-order valence-electron chi connectivity index (χ1n) is 33.5. The summed E-state index contributed by atoms with van der Waals surface area (Å²) in [6, 6.07) is -0.626. The summed E-state index contributed by atoms with van der Waals surface area (Å²) in [5.74, 6) is -0.0445. The van der Waals surface area contributed by atoms with Crippen LogP contribution in [0.2, 0.25) is 0 Å². The molecule has 0 aliphatic heterocycles. The molecular formula is C67H131NO5. The summed E-state index contributed by atoms with van der Waals surface area (Å²) < 4.78 is 5.47. The normalized spacial score (nSPS) is 12.5. The van der Waals surface area contributed by atoms with Crippen molar-refractivity contribution in [2.75, 3.05) is 13.2 Å². The van der Waals surface area contributed by atoms with Crippen LogP contribution in [0.4, 0.5) is 0 Å². The van der Waals surface area contributed by atoms with Crippen molar-refractivity contribution in [1.82, 2.24) is 5.32 Å². The number of carbonyl (C=O) groups is 2. The smallest absolute Gasteiger partial charge is 0.305 e. The molecule has 0 heterocycles. The number of carbonyl (C=O) groups excluding carboxylic acids is 2. The van der Waals surface area contributed by atoms with E-state index in [0.717, 1.165) is 38.5 Å². The molecule has 2 atom stereocenters. The van der Waals surface area contributed by atoms with Gasteiger partial charge in [-0.2, -0.15) is 0 Å². The van der Waals surface area contributed by atoms with Gasteiger partial charge in [0.2, 0.25) is 5.91 Å². The zero-order chi connectivity index (χ0) is 52.9. The minimum absolute atomic E-state index is 0.0173. The highest BCUT2D eigenvalue weighted by Gasteiger charge is 2.18. The molecular weight excluding hydrogens is 899 g/mol. The molecule has 6 nitrogen and oxygen atoms in total. The van der Waals surface area contributed by atoms with Gasteiger partial charge in [0.05, 0.1) is 25.4 Å². The standard InChI is InChI=1S/C67H131NO5/c1-3-5-7-9-11-13-15-16-17-18-27-30-33-36-40-43-47-51-55-59-65(70)64(63-69)68-66(71)60-56-52-48-44-41-37-34-31-28-25-23-21-19-20-22-24-26-29-32-35-38-42-46-50-54-58-62-73-67(72)61-57-53-49-45-39-14-12-10-8-6-4-2/h55,59,64-65,69-70H,3-54,56-58,60-63H2,1-2H3,(H,68,71)/b59-55+. The number of nitrogens with one attached hydrogen (secondary N) is 1. The Morgan fingerprint density at radius 3 is 0.932 bits per heavy atom. The minimum Gasteiger partial charge on any atom is -0.466 e. The van der Waals surface area contributed by atoms with Crippen molar-refractivity contribution in [3.05, 3.63) is 12.2 Å². The van der Waals surface area contributed by atoms with Gasteiger partial charge in [0.25, 0.3) is 0 Å². The molecule has 0 spiro atoms. The quantitative estimate of drug-likeness (QED) is 0.0320. The summed E-state index contributed by atoms with van der Waals surface area (Å²) in [5, 5.41) is 23.2. The minimum atomic E-state index is -0.843. The first-order chi connectivity index (χ1) is 36.0. The number of rotatable bonds is 63. The van der Waals surface area contributed by atoms with Gasteiger partial charge in [0.15, 0.2) is 0 Å². The molecule has 0 radical (unpaired) electrons. The molecule has 0 aliphatic rings. The second-order valence-electron chi connectivity index (χ2n) is 23.2. The van der Waals surface area contributed by atoms with E-state index in [1.54, 1.807) is 6.08 Å². The molecule has 0 aliphatic carbocycles. The van der Waals surface area contributed by atoms with E-state index in [9.17, 15) is 19.8 Å². The number of hydrogen-bond donors (Lipinski definition) is 3. The topological polar surface area (TPSA) is 95.9 Å². The van der Waals surface area contributed by atoms with Crippen LogP contribution >= 0.6 is 0 Å². The Morgan fingerprint density at radius 1 is 0.370 bits per heavy atom. The van der Waals surface area contributed by atoms with Crippen LogP contribution in [0.3, 0.4) is 0 Å². The first kappa shape index (κ1) is 71.6. The van der Waals surface area contributed by atoms with E-state index in [1.807, 2.05) is 6.08 Å². The van der Waals surface area contributed by atoms with Crippen LogP contribution in [0.5, 0.6) is 0 Å². The molecule has 1 amide bonds. The van der Waals surface area contributed by atoms with Gasteiger partial charge in [-0.1, -0.05) is 347 Å². The van der Waals surface area contributed by atoms with Crippen LogP contribution in [-0.2, 0) is 14.3 Å². The Bertz CT molecular complexity index is 1100. The average Bonchev–Trinajstić information content (AvgIpc) is 3.39. The summed E-state index contributed by atoms with van der Waals surface area (Å²) in [4.78, 5) is 24.5. The van der Waals surface area contributed by atoms with E-state index in [-0.39, 0.29) is 18.5 Å². The Morgan fingerprint density at radius 2 is 0.630 bits per heavy atom. The SMILES string of the molecule is CCCCCCCCCCCCCCCCCCC/C=C/C(O)C(CO)NC(=O)CCCCCCCCCCCCCCCCCCCCCCCCCCCCOC(=O)CCCCCCCCCCCCC. The fourth-order valence-electron chi connectivity index (χ4n) is 10.7. The maximum absolute atomic E-state index is 12.5. The maximum atomic E-state index is 12.5. The second-order valence-corrected chi connectivity index (χ2v) is 23.2. The number of unbranched alkanes of at least 4 members (excludes halogenated alkanes) is 52. The zero-order valence-corrected chi connectivity index (χ0v) is 49.6. The second kappa shape index (κ2) is 63.1. The summed E-state index contributed by atoms with van der Waals surface area (Å²) >= 11 is 0. The number of esters is 1. The van der Waals surface area contributed by atoms with Crippen molar-refractivity contribution in [2.24, 2.45) is 0 Å². The molecule has 0 bridgehead atoms. The molecule has 2 unspecified atom stereocenters. The molecule has 0 fully saturated rings. The lowest BCUT2D eigenvalue weighted by Crippen LogP contribution is -2.45. The molecule has 6 heteroatoms. The van der Waals surface area contributed by atoms with Gasteiger partial charge >= 0.3 is 5.97 Å². The number of ether oxygens (including phenoxy) is 1. The van der Waals surface area contributed by atoms with E-state index >= 15 is 0 Å². The number of hydrogen-bond acceptors (Lipinski definition) is 5. The molecule has 0 rings (SSSR count). The van der Waals surface area contributed by atoms with E-state index in [4.69, 9.17) is 4.74 Å². The highest BCUT2D eigenvalue weighted by atomic mass is 16.5. The molecule has 3 N–H and O–H groups in total. The lowest BCUT2D eigenvalue weighted by Gasteiger charge is -2.20. The number of aliphatic hydroxyl groups is 2. The Labute approximate surface area is 457 Å². The van der Waals surface area contributed by atoms with Gasteiger partial charge in [-0.05, 0) is 32.1 Å². The first-order valence-corrected chi connectivity index (χ1v) is 33.5. The highest BCUT2D eigenvalue weighted by Crippen LogP contribution is 2.19. The lowest BCUT2D eigenvalue weighted by atomic mass is 10.0. The van der Waals surface area contributed by atoms with Crippen molar-refractivity contribution in [1.29, 1.82) is 0 Å². The van der Waals surface area contributed by atoms with E-state index in [1.165, 1.54) is 315 Å². The van der Waals surface area contributed by atoms with Crippen molar-refractivity contribution >= 4 is 11.9 Å². The molecule has 0 aromatic carbocycles. The van der Waals surface area contributed by atoms with Gasteiger partial charge in [-0.25, -0.2) is 0 Å². The maximum Gasteiger partial charge on any atom is 0.305 e. The Hall–Kier alpha value is -1.40. The van der Waals surface area contributed by atoms with Crippen LogP contribution in [0.25, 0.3) is 0 Å². The van der Waals surface area contributed by atoms with Crippen LogP contribution < -0.4 is 5.32 Å². The Balaban J connectivity index is 3.38. The van der Waals surface area contributed by atoms with E-state index in [2.05, 4.69) is 19.2 Å². The van der Waals surface area contributed by atoms with E-state index < -0.39 is 12.1 Å². The number of aliphatic hydroxyl groups excluding tert-OH is 2. The predicted octanol–water partition coefficient (Wildman–Crippen LogP) is 21.2. The number of allylic oxidation sites excluding steroid dienone is 1. The summed E-state index contributed by atoms with van der Waals surface area (Å²) in [6.07, 6.45) is 77.0. The molecule has 0 saturated heterocycles. The van der Waals surface area contributed by atoms with Gasteiger partial charge in [0, 0.05) is 12.8 Å². The van der Waals surface area contributed by atoms with Crippen LogP contribution in [-0.4, -0.2) is 47.4 Å². The third-order valence-corrected chi connectivity index (χ3v) is 15.8. The lowest BCUT2D eigenvalue weighted by molar-refractivity contribution is -0.143. The van der Waals surface area contributed by atoms with Gasteiger partial charge < -0.3 is 20.3 Å². The summed E-state index contributed by atoms with van der Waals surface area (Å²) in [7, 11) is 0. The van der Waals surface area contributed by atoms with Crippen LogP contribution in [0.15, 0.2) is 12.2 Å². The van der Waals surface area contributed by atoms with Crippen molar-refractivity contribution in [3.63, 3.8) is 0 Å². The van der Waals surface area contributed by atoms with Gasteiger partial charge in [-0.15, -0.1) is 0 Å². The largest absolute Gasteiger partial charge is 0.466 e. The molecule has 434 valence electrons. The van der Waals surface area contributed by atoms with E-state index in [0.29, 0.717) is 19.4 Å². The number of amides is 1. The van der Waals surface area contributed by atoms with Crippen molar-refractivity contribution in [2.45, 2.75) is 392 Å². The third kappa shape index (κ3) is 59.7. The molecule has 0 saturated carbocycles. The van der Waals surface area contributed by atoms with Crippen molar-refractivity contribution in [3.8, 4) is 0 Å². The monoisotopic (exact) mass is 1030 g/mol. The fourth-order valence-corrected chi connectivity index (χ4v) is 10.7. The van der Waals surface area contributed by atoms with Gasteiger partial charge in [0.1, 0.15) is 0 Å². The molecule has 0 aromatic heterocycles.